The third-order valence-corrected chi connectivity index (χ3v) is 3.37. The molecule has 1 atom stereocenters. The highest BCUT2D eigenvalue weighted by molar-refractivity contribution is 5.94. The second-order valence-electron chi connectivity index (χ2n) is 5.18. The number of aryl methyl sites for hydroxylation is 1. The lowest BCUT2D eigenvalue weighted by Gasteiger charge is -2.19. The molecule has 1 aromatic carbocycles. The number of para-hydroxylation sites is 1. The van der Waals surface area contributed by atoms with Crippen LogP contribution >= 0.6 is 0 Å². The summed E-state index contributed by atoms with van der Waals surface area (Å²) in [6.45, 7) is 2.16. The third kappa shape index (κ3) is 5.19. The topological polar surface area (TPSA) is 94.2 Å². The summed E-state index contributed by atoms with van der Waals surface area (Å²) >= 11 is 0. The fourth-order valence-corrected chi connectivity index (χ4v) is 2.08. The maximum absolute atomic E-state index is 12.0. The van der Waals surface area contributed by atoms with Crippen molar-refractivity contribution in [2.24, 2.45) is 0 Å². The summed E-state index contributed by atoms with van der Waals surface area (Å²) in [5.41, 5.74) is 2.41. The van der Waals surface area contributed by atoms with Gasteiger partial charge in [-0.15, -0.1) is 0 Å². The van der Waals surface area contributed by atoms with Crippen LogP contribution in [0.15, 0.2) is 48.8 Å². The van der Waals surface area contributed by atoms with Crippen molar-refractivity contribution >= 4 is 17.6 Å². The lowest BCUT2D eigenvalue weighted by Crippen LogP contribution is -2.47. The zero-order valence-electron chi connectivity index (χ0n) is 12.8. The van der Waals surface area contributed by atoms with E-state index >= 15 is 0 Å². The molecule has 0 aliphatic carbocycles. The number of hydrogen-bond acceptors (Lipinski definition) is 5. The molecule has 2 rings (SSSR count). The Labute approximate surface area is 134 Å². The second kappa shape index (κ2) is 8.05. The molecule has 1 heterocycles. The van der Waals surface area contributed by atoms with E-state index in [1.807, 2.05) is 25.1 Å². The Morgan fingerprint density at radius 1 is 1.22 bits per heavy atom. The number of rotatable bonds is 7. The molecule has 0 spiro atoms. The number of benzene rings is 1. The Morgan fingerprint density at radius 2 is 2.00 bits per heavy atom. The number of pyridine rings is 1. The first-order valence-electron chi connectivity index (χ1n) is 7.25. The van der Waals surface area contributed by atoms with Gasteiger partial charge in [0.05, 0.1) is 12.0 Å². The Hall–Kier alpha value is -2.73. The van der Waals surface area contributed by atoms with E-state index in [1.165, 1.54) is 0 Å². The van der Waals surface area contributed by atoms with Crippen molar-refractivity contribution in [2.45, 2.75) is 25.9 Å². The van der Waals surface area contributed by atoms with Crippen LogP contribution in [0.5, 0.6) is 0 Å². The number of aliphatic carboxylic acids is 1. The SMILES string of the molecule is Cc1ccccc1NC(=O)CC(NCc1cccnc1)C(=O)[O-]. The molecule has 0 saturated heterocycles. The van der Waals surface area contributed by atoms with Crippen LogP contribution in [-0.2, 0) is 16.1 Å². The summed E-state index contributed by atoms with van der Waals surface area (Å²) in [6, 6.07) is 9.82. The van der Waals surface area contributed by atoms with Crippen LogP contribution in [0.25, 0.3) is 0 Å². The van der Waals surface area contributed by atoms with Gasteiger partial charge < -0.3 is 20.5 Å². The first kappa shape index (κ1) is 16.6. The van der Waals surface area contributed by atoms with Gasteiger partial charge in [-0.2, -0.15) is 0 Å². The molecule has 1 amide bonds. The predicted molar refractivity (Wildman–Crippen MR) is 84.3 cm³/mol. The molecule has 0 aliphatic rings. The molecule has 23 heavy (non-hydrogen) atoms. The van der Waals surface area contributed by atoms with Gasteiger partial charge in [-0.05, 0) is 30.2 Å². The normalized spacial score (nSPS) is 11.7. The number of nitrogens with zero attached hydrogens (tertiary/aromatic N) is 1. The van der Waals surface area contributed by atoms with E-state index in [0.717, 1.165) is 11.1 Å². The van der Waals surface area contributed by atoms with Gasteiger partial charge in [0.2, 0.25) is 5.91 Å². The van der Waals surface area contributed by atoms with Crippen LogP contribution in [0.3, 0.4) is 0 Å². The molecule has 6 nitrogen and oxygen atoms in total. The van der Waals surface area contributed by atoms with Gasteiger partial charge in [0.25, 0.3) is 0 Å². The molecule has 0 aliphatic heterocycles. The Balaban J connectivity index is 1.92. The standard InChI is InChI=1S/C17H19N3O3/c1-12-5-2-3-7-14(12)20-16(21)9-15(17(22)23)19-11-13-6-4-8-18-10-13/h2-8,10,15,19H,9,11H2,1H3,(H,20,21)(H,22,23)/p-1. The highest BCUT2D eigenvalue weighted by Gasteiger charge is 2.15. The highest BCUT2D eigenvalue weighted by Crippen LogP contribution is 2.13. The minimum Gasteiger partial charge on any atom is -0.548 e. The average Bonchev–Trinajstić information content (AvgIpc) is 2.54. The lowest BCUT2D eigenvalue weighted by atomic mass is 10.1. The van der Waals surface area contributed by atoms with E-state index in [-0.39, 0.29) is 12.3 Å². The van der Waals surface area contributed by atoms with E-state index in [9.17, 15) is 14.7 Å². The first-order chi connectivity index (χ1) is 11.1. The molecule has 0 bridgehead atoms. The van der Waals surface area contributed by atoms with E-state index in [4.69, 9.17) is 0 Å². The van der Waals surface area contributed by atoms with Gasteiger partial charge >= 0.3 is 0 Å². The predicted octanol–water partition coefficient (Wildman–Crippen LogP) is 0.627. The van der Waals surface area contributed by atoms with Gasteiger partial charge in [0, 0.05) is 31.0 Å². The average molecular weight is 312 g/mol. The van der Waals surface area contributed by atoms with Gasteiger partial charge in [-0.3, -0.25) is 9.78 Å². The van der Waals surface area contributed by atoms with E-state index in [0.29, 0.717) is 12.2 Å². The maximum Gasteiger partial charge on any atom is 0.226 e. The fourth-order valence-electron chi connectivity index (χ4n) is 2.08. The van der Waals surface area contributed by atoms with Crippen molar-refractivity contribution < 1.29 is 14.7 Å². The zero-order chi connectivity index (χ0) is 16.7. The number of carbonyl (C=O) groups is 2. The zero-order valence-corrected chi connectivity index (χ0v) is 12.8. The fraction of sp³-hybridized carbons (Fsp3) is 0.235. The minimum atomic E-state index is -1.31. The second-order valence-corrected chi connectivity index (χ2v) is 5.18. The summed E-state index contributed by atoms with van der Waals surface area (Å²) in [6.07, 6.45) is 3.05. The van der Waals surface area contributed by atoms with E-state index < -0.39 is 12.0 Å². The largest absolute Gasteiger partial charge is 0.548 e. The van der Waals surface area contributed by atoms with E-state index in [1.54, 1.807) is 30.6 Å². The summed E-state index contributed by atoms with van der Waals surface area (Å²) in [5.74, 6) is -1.69. The van der Waals surface area contributed by atoms with Crippen molar-refractivity contribution in [3.05, 3.63) is 59.9 Å². The summed E-state index contributed by atoms with van der Waals surface area (Å²) in [4.78, 5) is 27.2. The maximum atomic E-state index is 12.0. The molecule has 0 radical (unpaired) electrons. The lowest BCUT2D eigenvalue weighted by molar-refractivity contribution is -0.308. The molecule has 0 fully saturated rings. The molecular weight excluding hydrogens is 294 g/mol. The molecule has 2 aromatic rings. The van der Waals surface area contributed by atoms with Crippen LogP contribution < -0.4 is 15.7 Å². The summed E-state index contributed by atoms with van der Waals surface area (Å²) < 4.78 is 0. The Kier molecular flexibility index (Phi) is 5.82. The summed E-state index contributed by atoms with van der Waals surface area (Å²) in [5, 5.41) is 16.7. The van der Waals surface area contributed by atoms with Crippen LogP contribution in [-0.4, -0.2) is 22.9 Å². The molecule has 1 unspecified atom stereocenters. The first-order valence-corrected chi connectivity index (χ1v) is 7.25. The molecule has 0 saturated carbocycles. The number of amides is 1. The molecule has 1 aromatic heterocycles. The van der Waals surface area contributed by atoms with Crippen LogP contribution in [0, 0.1) is 6.92 Å². The molecule has 6 heteroatoms. The third-order valence-electron chi connectivity index (χ3n) is 3.37. The minimum absolute atomic E-state index is 0.211. The van der Waals surface area contributed by atoms with Crippen molar-refractivity contribution in [1.82, 2.24) is 10.3 Å². The molecule has 2 N–H and O–H groups in total. The Bertz CT molecular complexity index is 674. The van der Waals surface area contributed by atoms with Gasteiger partial charge in [0.1, 0.15) is 0 Å². The highest BCUT2D eigenvalue weighted by atomic mass is 16.4. The van der Waals surface area contributed by atoms with Crippen molar-refractivity contribution in [3.8, 4) is 0 Å². The van der Waals surface area contributed by atoms with E-state index in [2.05, 4.69) is 15.6 Å². The van der Waals surface area contributed by atoms with Gasteiger partial charge in [-0.25, -0.2) is 0 Å². The smallest absolute Gasteiger partial charge is 0.226 e. The number of carboxylic acids is 1. The van der Waals surface area contributed by atoms with Gasteiger partial charge in [-0.1, -0.05) is 24.3 Å². The monoisotopic (exact) mass is 312 g/mol. The molecule has 120 valence electrons. The number of carbonyl (C=O) groups excluding carboxylic acids is 2. The number of carboxylic acid groups (broad SMARTS) is 1. The van der Waals surface area contributed by atoms with Crippen LogP contribution in [0.1, 0.15) is 17.5 Å². The van der Waals surface area contributed by atoms with Crippen LogP contribution in [0.2, 0.25) is 0 Å². The molecular formula is C17H18N3O3-. The summed E-state index contributed by atoms with van der Waals surface area (Å²) in [7, 11) is 0. The number of hydrogen-bond donors (Lipinski definition) is 2. The number of nitrogens with one attached hydrogen (secondary N) is 2. The van der Waals surface area contributed by atoms with Crippen molar-refractivity contribution in [3.63, 3.8) is 0 Å². The van der Waals surface area contributed by atoms with Gasteiger partial charge in [0.15, 0.2) is 0 Å². The number of aromatic nitrogens is 1. The van der Waals surface area contributed by atoms with Crippen LogP contribution in [0.4, 0.5) is 5.69 Å². The quantitative estimate of drug-likeness (QED) is 0.782. The number of anilines is 1. The Morgan fingerprint density at radius 3 is 2.65 bits per heavy atom. The van der Waals surface area contributed by atoms with Crippen molar-refractivity contribution in [2.75, 3.05) is 5.32 Å². The van der Waals surface area contributed by atoms with Crippen molar-refractivity contribution in [1.29, 1.82) is 0 Å².